The molecule has 0 atom stereocenters. The number of rotatable bonds is 6. The smallest absolute Gasteiger partial charge is 0.407 e. The van der Waals surface area contributed by atoms with Crippen LogP contribution in [0.5, 0.6) is 0 Å². The topological polar surface area (TPSA) is 72.4 Å². The molecule has 6 heteroatoms. The first-order valence-corrected chi connectivity index (χ1v) is 8.38. The molecule has 0 aliphatic carbocycles. The highest BCUT2D eigenvalue weighted by Gasteiger charge is 2.15. The van der Waals surface area contributed by atoms with Crippen LogP contribution < -0.4 is 10.6 Å². The van der Waals surface area contributed by atoms with Gasteiger partial charge >= 0.3 is 6.09 Å². The Morgan fingerprint density at radius 3 is 2.28 bits per heavy atom. The maximum Gasteiger partial charge on any atom is 0.407 e. The summed E-state index contributed by atoms with van der Waals surface area (Å²) in [6, 6.07) is 9.89. The fourth-order valence-electron chi connectivity index (χ4n) is 2.69. The average molecular weight is 343 g/mol. The van der Waals surface area contributed by atoms with Gasteiger partial charge in [0.1, 0.15) is 0 Å². The third-order valence-corrected chi connectivity index (χ3v) is 3.86. The van der Waals surface area contributed by atoms with Gasteiger partial charge in [-0.05, 0) is 52.0 Å². The van der Waals surface area contributed by atoms with Crippen LogP contribution in [0.2, 0.25) is 0 Å². The first-order valence-electron chi connectivity index (χ1n) is 8.38. The molecule has 1 aromatic carbocycles. The molecule has 134 valence electrons. The third-order valence-electron chi connectivity index (χ3n) is 3.86. The Hall–Kier alpha value is -2.76. The SMILES string of the molecule is CCOC(=O)NCCNC(=O)c1cc(C)ccc1-n1c(C)ccc1C. The number of carbonyl (C=O) groups excluding carboxylic acids is 2. The zero-order chi connectivity index (χ0) is 18.4. The summed E-state index contributed by atoms with van der Waals surface area (Å²) in [5.74, 6) is -0.170. The number of amides is 2. The van der Waals surface area contributed by atoms with Crippen molar-refractivity contribution in [1.29, 1.82) is 0 Å². The lowest BCUT2D eigenvalue weighted by Crippen LogP contribution is -2.35. The molecule has 0 bridgehead atoms. The van der Waals surface area contributed by atoms with Gasteiger partial charge in [-0.1, -0.05) is 11.6 Å². The molecular formula is C19H25N3O3. The minimum atomic E-state index is -0.480. The average Bonchev–Trinajstić information content (AvgIpc) is 2.90. The molecule has 6 nitrogen and oxygen atoms in total. The molecule has 0 saturated heterocycles. The van der Waals surface area contributed by atoms with E-state index in [0.29, 0.717) is 25.3 Å². The number of hydrogen-bond donors (Lipinski definition) is 2. The molecule has 2 N–H and O–H groups in total. The van der Waals surface area contributed by atoms with Crippen LogP contribution in [0.1, 0.15) is 34.2 Å². The summed E-state index contributed by atoms with van der Waals surface area (Å²) in [4.78, 5) is 23.9. The Labute approximate surface area is 148 Å². The van der Waals surface area contributed by atoms with Gasteiger partial charge in [0.25, 0.3) is 5.91 Å². The molecule has 0 aliphatic rings. The monoisotopic (exact) mass is 343 g/mol. The number of nitrogens with one attached hydrogen (secondary N) is 2. The Morgan fingerprint density at radius 1 is 1.00 bits per heavy atom. The van der Waals surface area contributed by atoms with Gasteiger partial charge in [-0.3, -0.25) is 4.79 Å². The van der Waals surface area contributed by atoms with Gasteiger partial charge in [0.05, 0.1) is 17.9 Å². The highest BCUT2D eigenvalue weighted by atomic mass is 16.5. The van der Waals surface area contributed by atoms with Crippen LogP contribution in [0.3, 0.4) is 0 Å². The van der Waals surface area contributed by atoms with E-state index in [-0.39, 0.29) is 5.91 Å². The van der Waals surface area contributed by atoms with Crippen molar-refractivity contribution >= 4 is 12.0 Å². The van der Waals surface area contributed by atoms with Crippen LogP contribution >= 0.6 is 0 Å². The van der Waals surface area contributed by atoms with E-state index in [0.717, 1.165) is 22.6 Å². The first-order chi connectivity index (χ1) is 11.9. The fraction of sp³-hybridized carbons (Fsp3) is 0.368. The molecule has 0 spiro atoms. The second-order valence-corrected chi connectivity index (χ2v) is 5.88. The van der Waals surface area contributed by atoms with Gasteiger partial charge in [0, 0.05) is 24.5 Å². The van der Waals surface area contributed by atoms with E-state index in [2.05, 4.69) is 15.2 Å². The van der Waals surface area contributed by atoms with Crippen LogP contribution in [-0.2, 0) is 4.74 Å². The zero-order valence-corrected chi connectivity index (χ0v) is 15.2. The summed E-state index contributed by atoms with van der Waals surface area (Å²) in [6.45, 7) is 8.68. The molecule has 2 rings (SSSR count). The minimum Gasteiger partial charge on any atom is -0.450 e. The van der Waals surface area contributed by atoms with Gasteiger partial charge in [-0.15, -0.1) is 0 Å². The summed E-state index contributed by atoms with van der Waals surface area (Å²) in [7, 11) is 0. The second-order valence-electron chi connectivity index (χ2n) is 5.88. The number of carbonyl (C=O) groups is 2. The Bertz CT molecular complexity index is 746. The number of nitrogens with zero attached hydrogens (tertiary/aromatic N) is 1. The summed E-state index contributed by atoms with van der Waals surface area (Å²) in [5, 5.41) is 5.42. The third kappa shape index (κ3) is 4.62. The molecule has 2 amide bonds. The van der Waals surface area contributed by atoms with Crippen molar-refractivity contribution in [3.63, 3.8) is 0 Å². The van der Waals surface area contributed by atoms with Crippen LogP contribution in [0.4, 0.5) is 4.79 Å². The molecule has 1 aromatic heterocycles. The summed E-state index contributed by atoms with van der Waals surface area (Å²) in [5.41, 5.74) is 4.61. The molecule has 0 aliphatic heterocycles. The van der Waals surface area contributed by atoms with Gasteiger partial charge < -0.3 is 19.9 Å². The lowest BCUT2D eigenvalue weighted by atomic mass is 10.1. The van der Waals surface area contributed by atoms with Crippen LogP contribution in [0.15, 0.2) is 30.3 Å². The fourth-order valence-corrected chi connectivity index (χ4v) is 2.69. The van der Waals surface area contributed by atoms with E-state index >= 15 is 0 Å². The van der Waals surface area contributed by atoms with Crippen molar-refractivity contribution in [2.24, 2.45) is 0 Å². The van der Waals surface area contributed by atoms with E-state index in [4.69, 9.17) is 4.74 Å². The molecule has 0 unspecified atom stereocenters. The first kappa shape index (κ1) is 18.6. The highest BCUT2D eigenvalue weighted by molar-refractivity contribution is 5.98. The van der Waals surface area contributed by atoms with Crippen molar-refractivity contribution in [3.05, 3.63) is 52.8 Å². The molecule has 25 heavy (non-hydrogen) atoms. The van der Waals surface area contributed by atoms with Gasteiger partial charge in [0.2, 0.25) is 0 Å². The number of alkyl carbamates (subject to hydrolysis) is 1. The van der Waals surface area contributed by atoms with Crippen molar-refractivity contribution < 1.29 is 14.3 Å². The van der Waals surface area contributed by atoms with Crippen molar-refractivity contribution in [2.45, 2.75) is 27.7 Å². The van der Waals surface area contributed by atoms with Crippen LogP contribution in [-0.4, -0.2) is 36.3 Å². The number of ether oxygens (including phenoxy) is 1. The van der Waals surface area contributed by atoms with Crippen molar-refractivity contribution in [1.82, 2.24) is 15.2 Å². The summed E-state index contributed by atoms with van der Waals surface area (Å²) in [6.07, 6.45) is -0.480. The maximum absolute atomic E-state index is 12.6. The maximum atomic E-state index is 12.6. The molecular weight excluding hydrogens is 318 g/mol. The van der Waals surface area contributed by atoms with Crippen LogP contribution in [0.25, 0.3) is 5.69 Å². The number of aromatic nitrogens is 1. The zero-order valence-electron chi connectivity index (χ0n) is 15.2. The number of hydrogen-bond acceptors (Lipinski definition) is 3. The molecule has 2 aromatic rings. The predicted octanol–water partition coefficient (Wildman–Crippen LogP) is 2.88. The van der Waals surface area contributed by atoms with Gasteiger partial charge in [-0.2, -0.15) is 0 Å². The van der Waals surface area contributed by atoms with E-state index in [1.54, 1.807) is 6.92 Å². The standard InChI is InChI=1S/C19H25N3O3/c1-5-25-19(24)21-11-10-20-18(23)16-12-13(2)6-9-17(16)22-14(3)7-8-15(22)4/h6-9,12H,5,10-11H2,1-4H3,(H,20,23)(H,21,24). The highest BCUT2D eigenvalue weighted by Crippen LogP contribution is 2.21. The second kappa shape index (κ2) is 8.37. The Balaban J connectivity index is 2.12. The van der Waals surface area contributed by atoms with Gasteiger partial charge in [0.15, 0.2) is 0 Å². The van der Waals surface area contributed by atoms with E-state index in [9.17, 15) is 9.59 Å². The quantitative estimate of drug-likeness (QED) is 0.792. The van der Waals surface area contributed by atoms with Gasteiger partial charge in [-0.25, -0.2) is 4.79 Å². The van der Waals surface area contributed by atoms with E-state index in [1.807, 2.05) is 51.1 Å². The molecule has 0 fully saturated rings. The predicted molar refractivity (Wildman–Crippen MR) is 97.3 cm³/mol. The van der Waals surface area contributed by atoms with Crippen LogP contribution in [0, 0.1) is 20.8 Å². The Morgan fingerprint density at radius 2 is 1.64 bits per heavy atom. The summed E-state index contributed by atoms with van der Waals surface area (Å²) >= 11 is 0. The molecule has 0 radical (unpaired) electrons. The lowest BCUT2D eigenvalue weighted by Gasteiger charge is -2.15. The minimum absolute atomic E-state index is 0.170. The molecule has 1 heterocycles. The lowest BCUT2D eigenvalue weighted by molar-refractivity contribution is 0.0952. The van der Waals surface area contributed by atoms with E-state index in [1.165, 1.54) is 0 Å². The largest absolute Gasteiger partial charge is 0.450 e. The Kier molecular flexibility index (Phi) is 6.22. The normalized spacial score (nSPS) is 10.4. The molecule has 0 saturated carbocycles. The van der Waals surface area contributed by atoms with Crippen molar-refractivity contribution in [2.75, 3.05) is 19.7 Å². The summed E-state index contributed by atoms with van der Waals surface area (Å²) < 4.78 is 6.84. The number of aryl methyl sites for hydroxylation is 3. The van der Waals surface area contributed by atoms with E-state index < -0.39 is 6.09 Å². The van der Waals surface area contributed by atoms with Crippen molar-refractivity contribution in [3.8, 4) is 5.69 Å². The number of benzene rings is 1.